The normalized spacial score (nSPS) is 18.2. The molecule has 0 saturated carbocycles. The Labute approximate surface area is 135 Å². The number of halogens is 2. The molecule has 0 bridgehead atoms. The summed E-state index contributed by atoms with van der Waals surface area (Å²) in [5, 5.41) is 4.73. The van der Waals surface area contributed by atoms with Crippen molar-refractivity contribution in [2.45, 2.75) is 29.7 Å². The van der Waals surface area contributed by atoms with Gasteiger partial charge >= 0.3 is 0 Å². The van der Waals surface area contributed by atoms with E-state index >= 15 is 0 Å². The highest BCUT2D eigenvalue weighted by molar-refractivity contribution is 9.09. The number of benzene rings is 1. The standard InChI is InChI=1S/C14H17Br2NOS/c1-2-14(8-15,9-16)17-13(18)11-7-19-12-6-4-3-5-10(11)12/h3-6,11H,2,7-9H2,1H3,(H,17,18). The Bertz CT molecular complexity index is 454. The lowest BCUT2D eigenvalue weighted by molar-refractivity contribution is -0.123. The van der Waals surface area contributed by atoms with Crippen molar-refractivity contribution in [2.75, 3.05) is 16.4 Å². The molecule has 0 radical (unpaired) electrons. The van der Waals surface area contributed by atoms with Gasteiger partial charge in [0.2, 0.25) is 5.91 Å². The van der Waals surface area contributed by atoms with E-state index in [4.69, 9.17) is 0 Å². The number of hydrogen-bond acceptors (Lipinski definition) is 2. The van der Waals surface area contributed by atoms with Crippen molar-refractivity contribution in [1.29, 1.82) is 0 Å². The smallest absolute Gasteiger partial charge is 0.228 e. The Hall–Kier alpha value is 0. The Balaban J connectivity index is 2.14. The van der Waals surface area contributed by atoms with Gasteiger partial charge in [-0.15, -0.1) is 11.8 Å². The van der Waals surface area contributed by atoms with Gasteiger partial charge in [-0.25, -0.2) is 0 Å². The summed E-state index contributed by atoms with van der Waals surface area (Å²) in [7, 11) is 0. The lowest BCUT2D eigenvalue weighted by Crippen LogP contribution is -2.52. The number of amides is 1. The van der Waals surface area contributed by atoms with Crippen molar-refractivity contribution in [3.63, 3.8) is 0 Å². The van der Waals surface area contributed by atoms with Gasteiger partial charge in [-0.3, -0.25) is 4.79 Å². The molecule has 1 aliphatic rings. The predicted molar refractivity (Wildman–Crippen MR) is 88.7 cm³/mol. The molecule has 5 heteroatoms. The van der Waals surface area contributed by atoms with Crippen LogP contribution in [0, 0.1) is 0 Å². The van der Waals surface area contributed by atoms with E-state index in [9.17, 15) is 4.79 Å². The monoisotopic (exact) mass is 405 g/mol. The SMILES string of the molecule is CCC(CBr)(CBr)NC(=O)C1CSc2ccccc21. The summed E-state index contributed by atoms with van der Waals surface area (Å²) in [6.45, 7) is 2.10. The minimum atomic E-state index is -0.195. The molecular formula is C14H17Br2NOS. The van der Waals surface area contributed by atoms with Crippen LogP contribution in [0.3, 0.4) is 0 Å². The lowest BCUT2D eigenvalue weighted by atomic mass is 9.96. The summed E-state index contributed by atoms with van der Waals surface area (Å²) in [4.78, 5) is 13.8. The van der Waals surface area contributed by atoms with Crippen molar-refractivity contribution in [3.8, 4) is 0 Å². The third-order valence-corrected chi connectivity index (χ3v) is 6.92. The summed E-state index contributed by atoms with van der Waals surface area (Å²) in [5.74, 6) is 0.957. The first-order valence-electron chi connectivity index (χ1n) is 6.31. The van der Waals surface area contributed by atoms with E-state index in [1.54, 1.807) is 11.8 Å². The average molecular weight is 407 g/mol. The Kier molecular flexibility index (Phi) is 5.37. The second-order valence-corrected chi connectivity index (χ2v) is 6.98. The number of carbonyl (C=O) groups is 1. The molecule has 2 nitrogen and oxygen atoms in total. The van der Waals surface area contributed by atoms with Crippen molar-refractivity contribution in [3.05, 3.63) is 29.8 Å². The molecule has 1 N–H and O–H groups in total. The van der Waals surface area contributed by atoms with Gasteiger partial charge in [-0.05, 0) is 18.1 Å². The van der Waals surface area contributed by atoms with E-state index < -0.39 is 0 Å². The number of nitrogens with one attached hydrogen (secondary N) is 1. The molecule has 0 aliphatic carbocycles. The first kappa shape index (κ1) is 15.4. The number of carbonyl (C=O) groups excluding carboxylic acids is 1. The van der Waals surface area contributed by atoms with Crippen molar-refractivity contribution >= 4 is 49.5 Å². The first-order valence-corrected chi connectivity index (χ1v) is 9.54. The molecule has 2 rings (SSSR count). The number of fused-ring (bicyclic) bond motifs is 1. The van der Waals surface area contributed by atoms with Gasteiger partial charge < -0.3 is 5.32 Å². The quantitative estimate of drug-likeness (QED) is 0.750. The van der Waals surface area contributed by atoms with E-state index in [0.717, 1.165) is 22.8 Å². The molecule has 0 spiro atoms. The van der Waals surface area contributed by atoms with Crippen molar-refractivity contribution in [1.82, 2.24) is 5.32 Å². The summed E-state index contributed by atoms with van der Waals surface area (Å²) in [6, 6.07) is 8.19. The lowest BCUT2D eigenvalue weighted by Gasteiger charge is -2.31. The maximum absolute atomic E-state index is 12.5. The predicted octanol–water partition coefficient (Wildman–Crippen LogP) is 3.93. The summed E-state index contributed by atoms with van der Waals surface area (Å²) < 4.78 is 0. The molecule has 1 heterocycles. The van der Waals surface area contributed by atoms with E-state index in [1.807, 2.05) is 12.1 Å². The molecule has 1 amide bonds. The maximum Gasteiger partial charge on any atom is 0.228 e. The van der Waals surface area contributed by atoms with Gasteiger partial charge in [0.05, 0.1) is 11.5 Å². The zero-order chi connectivity index (χ0) is 13.9. The van der Waals surface area contributed by atoms with Crippen LogP contribution in [0.4, 0.5) is 0 Å². The Morgan fingerprint density at radius 1 is 1.42 bits per heavy atom. The van der Waals surface area contributed by atoms with E-state index in [1.165, 1.54) is 10.5 Å². The highest BCUT2D eigenvalue weighted by Gasteiger charge is 2.34. The third kappa shape index (κ3) is 3.19. The molecule has 104 valence electrons. The van der Waals surface area contributed by atoms with Crippen LogP contribution in [0.1, 0.15) is 24.8 Å². The van der Waals surface area contributed by atoms with E-state index in [0.29, 0.717) is 0 Å². The van der Waals surface area contributed by atoms with Crippen molar-refractivity contribution < 1.29 is 4.79 Å². The molecule has 1 unspecified atom stereocenters. The maximum atomic E-state index is 12.5. The third-order valence-electron chi connectivity index (χ3n) is 3.59. The molecule has 1 aromatic carbocycles. The second-order valence-electron chi connectivity index (χ2n) is 4.79. The number of rotatable bonds is 5. The topological polar surface area (TPSA) is 29.1 Å². The summed E-state index contributed by atoms with van der Waals surface area (Å²) in [5.41, 5.74) is 0.971. The van der Waals surface area contributed by atoms with Gasteiger partial charge in [0, 0.05) is 21.3 Å². The molecule has 19 heavy (non-hydrogen) atoms. The Morgan fingerprint density at radius 3 is 2.74 bits per heavy atom. The fourth-order valence-corrected chi connectivity index (χ4v) is 5.34. The van der Waals surface area contributed by atoms with Gasteiger partial charge in [0.1, 0.15) is 0 Å². The highest BCUT2D eigenvalue weighted by atomic mass is 79.9. The minimum Gasteiger partial charge on any atom is -0.348 e. The molecule has 0 fully saturated rings. The van der Waals surface area contributed by atoms with Crippen LogP contribution in [-0.2, 0) is 4.79 Å². The van der Waals surface area contributed by atoms with Crippen LogP contribution < -0.4 is 5.32 Å². The molecule has 0 saturated heterocycles. The fourth-order valence-electron chi connectivity index (χ4n) is 2.11. The molecule has 1 atom stereocenters. The second kappa shape index (κ2) is 6.64. The van der Waals surface area contributed by atoms with Gasteiger partial charge in [-0.1, -0.05) is 57.0 Å². The van der Waals surface area contributed by atoms with E-state index in [2.05, 4.69) is 56.2 Å². The van der Waals surface area contributed by atoms with E-state index in [-0.39, 0.29) is 17.4 Å². The average Bonchev–Trinajstić information content (AvgIpc) is 2.89. The molecule has 1 aromatic rings. The highest BCUT2D eigenvalue weighted by Crippen LogP contribution is 2.39. The van der Waals surface area contributed by atoms with Gasteiger partial charge in [0.15, 0.2) is 0 Å². The molecule has 0 aromatic heterocycles. The number of thioether (sulfide) groups is 1. The summed E-state index contributed by atoms with van der Waals surface area (Å²) >= 11 is 8.79. The largest absolute Gasteiger partial charge is 0.348 e. The molecule has 1 aliphatic heterocycles. The number of hydrogen-bond donors (Lipinski definition) is 1. The van der Waals surface area contributed by atoms with Gasteiger partial charge in [0.25, 0.3) is 0 Å². The molecular weight excluding hydrogens is 390 g/mol. The summed E-state index contributed by atoms with van der Waals surface area (Å²) in [6.07, 6.45) is 0.900. The van der Waals surface area contributed by atoms with Crippen molar-refractivity contribution in [2.24, 2.45) is 0 Å². The Morgan fingerprint density at radius 2 is 2.11 bits per heavy atom. The zero-order valence-electron chi connectivity index (χ0n) is 10.8. The van der Waals surface area contributed by atoms with Crippen LogP contribution in [0.15, 0.2) is 29.2 Å². The fraction of sp³-hybridized carbons (Fsp3) is 0.500. The van der Waals surface area contributed by atoms with Crippen LogP contribution in [0.5, 0.6) is 0 Å². The van der Waals surface area contributed by atoms with Gasteiger partial charge in [-0.2, -0.15) is 0 Å². The zero-order valence-corrected chi connectivity index (χ0v) is 14.8. The van der Waals surface area contributed by atoms with Crippen LogP contribution >= 0.6 is 43.6 Å². The van der Waals surface area contributed by atoms with Crippen LogP contribution in [0.25, 0.3) is 0 Å². The van der Waals surface area contributed by atoms with Crippen LogP contribution in [-0.4, -0.2) is 27.9 Å². The van der Waals surface area contributed by atoms with Crippen LogP contribution in [0.2, 0.25) is 0 Å². The first-order chi connectivity index (χ1) is 9.15. The minimum absolute atomic E-state index is 0.0229. The number of alkyl halides is 2.